The van der Waals surface area contributed by atoms with Crippen molar-refractivity contribution in [3.05, 3.63) is 65.2 Å². The summed E-state index contributed by atoms with van der Waals surface area (Å²) < 4.78 is 0. The molecule has 20 heavy (non-hydrogen) atoms. The van der Waals surface area contributed by atoms with E-state index in [0.717, 1.165) is 22.5 Å². The summed E-state index contributed by atoms with van der Waals surface area (Å²) >= 11 is 0. The molecule has 1 aromatic rings. The Morgan fingerprint density at radius 3 is 2.70 bits per heavy atom. The molecule has 0 atom stereocenters. The van der Waals surface area contributed by atoms with E-state index in [1.54, 1.807) is 6.08 Å². The number of allylic oxidation sites excluding steroid dienone is 6. The number of hydrogen-bond acceptors (Lipinski definition) is 3. The largest absolute Gasteiger partial charge is 0.484 e. The Bertz CT molecular complexity index is 613. The molecule has 0 heterocycles. The summed E-state index contributed by atoms with van der Waals surface area (Å²) in [5.41, 5.74) is 4.59. The highest BCUT2D eigenvalue weighted by Crippen LogP contribution is 2.20. The molecule has 3 nitrogen and oxygen atoms in total. The Hall–Kier alpha value is -1.91. The van der Waals surface area contributed by atoms with Crippen molar-refractivity contribution in [2.75, 3.05) is 0 Å². The predicted octanol–water partition coefficient (Wildman–Crippen LogP) is 2.91. The quantitative estimate of drug-likeness (QED) is 0.653. The average molecular weight is 267 g/mol. The lowest BCUT2D eigenvalue weighted by molar-refractivity contribution is 0.418. The zero-order valence-electron chi connectivity index (χ0n) is 11.7. The van der Waals surface area contributed by atoms with Crippen LogP contribution in [0.4, 0.5) is 5.69 Å². The summed E-state index contributed by atoms with van der Waals surface area (Å²) in [6.45, 7) is 3.99. The Kier molecular flexibility index (Phi) is 4.72. The first kappa shape index (κ1) is 14.5. The topological polar surface area (TPSA) is 52.8 Å². The lowest BCUT2D eigenvalue weighted by Gasteiger charge is -2.04. The molecule has 0 saturated heterocycles. The Labute approximate surface area is 119 Å². The van der Waals surface area contributed by atoms with Crippen LogP contribution in [0.1, 0.15) is 18.9 Å². The molecule has 2 N–H and O–H groups in total. The van der Waals surface area contributed by atoms with Gasteiger partial charge in [0.05, 0.1) is 5.69 Å². The lowest BCUT2D eigenvalue weighted by Crippen LogP contribution is -2.14. The highest BCUT2D eigenvalue weighted by Gasteiger charge is 2.14. The standard InChI is InChI=1S/C16H18BNO2/c1-12-6-3-4-9-16(12)18-13(2)14-7-5-8-15(11-10-14)17(19)20/h3-10,19-20H,11H2,1-2H3. The molecule has 0 spiro atoms. The third kappa shape index (κ3) is 3.56. The molecule has 0 radical (unpaired) electrons. The minimum Gasteiger partial charge on any atom is -0.423 e. The van der Waals surface area contributed by atoms with Crippen LogP contribution in [-0.4, -0.2) is 22.9 Å². The van der Waals surface area contributed by atoms with Gasteiger partial charge >= 0.3 is 7.12 Å². The highest BCUT2D eigenvalue weighted by atomic mass is 16.4. The molecule has 4 heteroatoms. The van der Waals surface area contributed by atoms with E-state index in [9.17, 15) is 10.0 Å². The Morgan fingerprint density at radius 2 is 2.00 bits per heavy atom. The van der Waals surface area contributed by atoms with Crippen molar-refractivity contribution in [1.29, 1.82) is 0 Å². The smallest absolute Gasteiger partial charge is 0.423 e. The molecule has 0 aromatic heterocycles. The molecule has 0 bridgehead atoms. The van der Waals surface area contributed by atoms with Crippen molar-refractivity contribution in [2.45, 2.75) is 20.3 Å². The SMILES string of the molecule is CC(=Nc1ccccc1C)C1=CCC(B(O)O)=CC=C1. The molecule has 1 aromatic carbocycles. The molecular formula is C16H18BNO2. The Balaban J connectivity index is 2.23. The minimum absolute atomic E-state index is 0.515. The van der Waals surface area contributed by atoms with Crippen LogP contribution >= 0.6 is 0 Å². The van der Waals surface area contributed by atoms with Crippen molar-refractivity contribution < 1.29 is 10.0 Å². The van der Waals surface area contributed by atoms with Crippen LogP contribution in [-0.2, 0) is 0 Å². The second-order valence-corrected chi connectivity index (χ2v) is 4.82. The first-order valence-electron chi connectivity index (χ1n) is 6.62. The number of nitrogens with zero attached hydrogens (tertiary/aromatic N) is 1. The van der Waals surface area contributed by atoms with Gasteiger partial charge in [0.1, 0.15) is 0 Å². The molecule has 0 aliphatic heterocycles. The van der Waals surface area contributed by atoms with Crippen LogP contribution in [0.25, 0.3) is 0 Å². The molecular weight excluding hydrogens is 249 g/mol. The van der Waals surface area contributed by atoms with Gasteiger partial charge in [0, 0.05) is 5.71 Å². The van der Waals surface area contributed by atoms with Gasteiger partial charge in [-0.3, -0.25) is 4.99 Å². The first-order chi connectivity index (χ1) is 9.58. The summed E-state index contributed by atoms with van der Waals surface area (Å²) in [5, 5.41) is 18.4. The van der Waals surface area contributed by atoms with Crippen LogP contribution in [0.15, 0.2) is 64.6 Å². The van der Waals surface area contributed by atoms with E-state index in [4.69, 9.17) is 0 Å². The van der Waals surface area contributed by atoms with Crippen LogP contribution < -0.4 is 0 Å². The molecule has 1 aliphatic carbocycles. The Morgan fingerprint density at radius 1 is 1.25 bits per heavy atom. The second kappa shape index (κ2) is 6.50. The zero-order chi connectivity index (χ0) is 14.5. The maximum atomic E-state index is 9.19. The molecule has 0 saturated carbocycles. The fourth-order valence-electron chi connectivity index (χ4n) is 2.03. The zero-order valence-corrected chi connectivity index (χ0v) is 11.7. The van der Waals surface area contributed by atoms with Crippen LogP contribution in [0.3, 0.4) is 0 Å². The van der Waals surface area contributed by atoms with E-state index >= 15 is 0 Å². The van der Waals surface area contributed by atoms with Crippen LogP contribution in [0.2, 0.25) is 0 Å². The molecule has 0 amide bonds. The molecule has 2 rings (SSSR count). The number of benzene rings is 1. The summed E-state index contributed by atoms with van der Waals surface area (Å²) in [5.74, 6) is 0. The monoisotopic (exact) mass is 267 g/mol. The number of aryl methyl sites for hydroxylation is 1. The number of para-hydroxylation sites is 1. The third-order valence-corrected chi connectivity index (χ3v) is 3.30. The molecule has 0 unspecified atom stereocenters. The van der Waals surface area contributed by atoms with Crippen molar-refractivity contribution in [1.82, 2.24) is 0 Å². The van der Waals surface area contributed by atoms with E-state index in [2.05, 4.69) is 4.99 Å². The van der Waals surface area contributed by atoms with Gasteiger partial charge in [-0.2, -0.15) is 0 Å². The van der Waals surface area contributed by atoms with Gasteiger partial charge in [0.15, 0.2) is 0 Å². The summed E-state index contributed by atoms with van der Waals surface area (Å²) in [6, 6.07) is 7.98. The van der Waals surface area contributed by atoms with Gasteiger partial charge in [0.2, 0.25) is 0 Å². The maximum Gasteiger partial charge on any atom is 0.484 e. The van der Waals surface area contributed by atoms with Crippen LogP contribution in [0.5, 0.6) is 0 Å². The fraction of sp³-hybridized carbons (Fsp3) is 0.188. The maximum absolute atomic E-state index is 9.19. The number of rotatable bonds is 3. The van der Waals surface area contributed by atoms with Gasteiger partial charge in [-0.1, -0.05) is 42.5 Å². The van der Waals surface area contributed by atoms with Gasteiger partial charge in [0.25, 0.3) is 0 Å². The van der Waals surface area contributed by atoms with Crippen molar-refractivity contribution >= 4 is 18.5 Å². The second-order valence-electron chi connectivity index (χ2n) is 4.82. The summed E-state index contributed by atoms with van der Waals surface area (Å²) in [6.07, 6.45) is 7.97. The number of hydrogen-bond donors (Lipinski definition) is 2. The van der Waals surface area contributed by atoms with E-state index in [1.807, 2.05) is 56.3 Å². The normalized spacial score (nSPS) is 15.5. The predicted molar refractivity (Wildman–Crippen MR) is 84.1 cm³/mol. The molecule has 102 valence electrons. The summed E-state index contributed by atoms with van der Waals surface area (Å²) in [7, 11) is -1.40. The van der Waals surface area contributed by atoms with Gasteiger partial charge in [-0.05, 0) is 42.9 Å². The fourth-order valence-corrected chi connectivity index (χ4v) is 2.03. The van der Waals surface area contributed by atoms with Crippen LogP contribution in [0, 0.1) is 6.92 Å². The average Bonchev–Trinajstić information content (AvgIpc) is 2.67. The first-order valence-corrected chi connectivity index (χ1v) is 6.62. The van der Waals surface area contributed by atoms with Crippen molar-refractivity contribution in [3.63, 3.8) is 0 Å². The van der Waals surface area contributed by atoms with Gasteiger partial charge < -0.3 is 10.0 Å². The lowest BCUT2D eigenvalue weighted by atomic mass is 9.77. The van der Waals surface area contributed by atoms with E-state index in [-0.39, 0.29) is 0 Å². The molecule has 0 fully saturated rings. The van der Waals surface area contributed by atoms with E-state index in [1.165, 1.54) is 0 Å². The van der Waals surface area contributed by atoms with E-state index in [0.29, 0.717) is 11.9 Å². The summed E-state index contributed by atoms with van der Waals surface area (Å²) in [4.78, 5) is 4.64. The number of aliphatic imine (C=N–C) groups is 1. The van der Waals surface area contributed by atoms with Crippen molar-refractivity contribution in [3.8, 4) is 0 Å². The minimum atomic E-state index is -1.40. The van der Waals surface area contributed by atoms with Crippen molar-refractivity contribution in [2.24, 2.45) is 4.99 Å². The van der Waals surface area contributed by atoms with E-state index < -0.39 is 7.12 Å². The van der Waals surface area contributed by atoms with Gasteiger partial charge in [-0.25, -0.2) is 0 Å². The van der Waals surface area contributed by atoms with Gasteiger partial charge in [-0.15, -0.1) is 0 Å². The third-order valence-electron chi connectivity index (χ3n) is 3.30. The highest BCUT2D eigenvalue weighted by molar-refractivity contribution is 6.50. The molecule has 1 aliphatic rings.